The summed E-state index contributed by atoms with van der Waals surface area (Å²) in [6.45, 7) is 0.422. The second kappa shape index (κ2) is 5.06. The molecule has 0 bridgehead atoms. The number of hydrogen-bond acceptors (Lipinski definition) is 2. The van der Waals surface area contributed by atoms with Crippen LogP contribution in [0.3, 0.4) is 0 Å². The fraction of sp³-hybridized carbons (Fsp3) is 0.0769. The number of phenolic OH excluding ortho intramolecular Hbond substituents is 1. The predicted octanol–water partition coefficient (Wildman–Crippen LogP) is 3.80. The van der Waals surface area contributed by atoms with Gasteiger partial charge in [0, 0.05) is 6.54 Å². The maximum absolute atomic E-state index is 13.5. The summed E-state index contributed by atoms with van der Waals surface area (Å²) in [7, 11) is 0. The minimum absolute atomic E-state index is 0.0888. The van der Waals surface area contributed by atoms with Gasteiger partial charge in [-0.1, -0.05) is 29.8 Å². The van der Waals surface area contributed by atoms with Crippen LogP contribution in [0.25, 0.3) is 0 Å². The molecular weight excluding hydrogens is 241 g/mol. The Morgan fingerprint density at radius 3 is 2.71 bits per heavy atom. The molecule has 2 nitrogen and oxygen atoms in total. The van der Waals surface area contributed by atoms with Gasteiger partial charge < -0.3 is 10.4 Å². The summed E-state index contributed by atoms with van der Waals surface area (Å²) in [6.07, 6.45) is 0. The van der Waals surface area contributed by atoms with E-state index >= 15 is 0 Å². The van der Waals surface area contributed by atoms with E-state index in [0.717, 1.165) is 5.56 Å². The highest BCUT2D eigenvalue weighted by molar-refractivity contribution is 6.31. The van der Waals surface area contributed by atoms with Crippen LogP contribution in [-0.2, 0) is 6.54 Å². The fourth-order valence-electron chi connectivity index (χ4n) is 1.50. The second-order valence-corrected chi connectivity index (χ2v) is 4.03. The first-order valence-corrected chi connectivity index (χ1v) is 5.50. The Morgan fingerprint density at radius 2 is 1.94 bits per heavy atom. The smallest absolute Gasteiger partial charge is 0.164 e. The van der Waals surface area contributed by atoms with Gasteiger partial charge in [-0.05, 0) is 29.8 Å². The lowest BCUT2D eigenvalue weighted by molar-refractivity contribution is 0.474. The number of nitrogens with one attached hydrogen (secondary N) is 1. The zero-order valence-electron chi connectivity index (χ0n) is 8.95. The summed E-state index contributed by atoms with van der Waals surface area (Å²) in [5.41, 5.74) is 1.21. The van der Waals surface area contributed by atoms with Gasteiger partial charge in [0.25, 0.3) is 0 Å². The van der Waals surface area contributed by atoms with Crippen LogP contribution in [0.5, 0.6) is 5.75 Å². The number of halogens is 2. The van der Waals surface area contributed by atoms with E-state index in [9.17, 15) is 9.50 Å². The van der Waals surface area contributed by atoms with E-state index in [4.69, 9.17) is 11.6 Å². The molecular formula is C13H11ClFNO. The van der Waals surface area contributed by atoms with E-state index < -0.39 is 5.82 Å². The molecule has 0 amide bonds. The number of phenols is 1. The molecule has 0 spiro atoms. The van der Waals surface area contributed by atoms with Crippen LogP contribution in [0.1, 0.15) is 5.56 Å². The van der Waals surface area contributed by atoms with Gasteiger partial charge in [-0.25, -0.2) is 4.39 Å². The molecule has 88 valence electrons. The number of hydrogen-bond donors (Lipinski definition) is 2. The minimum Gasteiger partial charge on any atom is -0.508 e. The van der Waals surface area contributed by atoms with Crippen molar-refractivity contribution in [2.75, 3.05) is 5.32 Å². The molecule has 0 saturated heterocycles. The first-order chi connectivity index (χ1) is 8.16. The van der Waals surface area contributed by atoms with E-state index in [1.54, 1.807) is 30.3 Å². The molecule has 17 heavy (non-hydrogen) atoms. The summed E-state index contributed by atoms with van der Waals surface area (Å²) in [5, 5.41) is 12.3. The summed E-state index contributed by atoms with van der Waals surface area (Å²) in [4.78, 5) is 0. The Kier molecular flexibility index (Phi) is 3.49. The number of benzene rings is 2. The van der Waals surface area contributed by atoms with Crippen molar-refractivity contribution in [1.29, 1.82) is 0 Å². The Morgan fingerprint density at radius 1 is 1.18 bits per heavy atom. The SMILES string of the molecule is Oc1cccc(CNc2cccc(Cl)c2F)c1. The molecule has 0 aliphatic carbocycles. The molecule has 0 saturated carbocycles. The molecule has 0 heterocycles. The van der Waals surface area contributed by atoms with Crippen molar-refractivity contribution in [3.05, 3.63) is 58.9 Å². The van der Waals surface area contributed by atoms with Crippen molar-refractivity contribution in [2.45, 2.75) is 6.54 Å². The lowest BCUT2D eigenvalue weighted by Crippen LogP contribution is -2.01. The molecule has 0 radical (unpaired) electrons. The van der Waals surface area contributed by atoms with Crippen molar-refractivity contribution in [3.8, 4) is 5.75 Å². The number of rotatable bonds is 3. The van der Waals surface area contributed by atoms with Gasteiger partial charge in [-0.2, -0.15) is 0 Å². The van der Waals surface area contributed by atoms with E-state index in [1.165, 1.54) is 6.07 Å². The fourth-order valence-corrected chi connectivity index (χ4v) is 1.68. The van der Waals surface area contributed by atoms with Gasteiger partial charge >= 0.3 is 0 Å². The van der Waals surface area contributed by atoms with Crippen LogP contribution in [0, 0.1) is 5.82 Å². The van der Waals surface area contributed by atoms with E-state index in [-0.39, 0.29) is 10.8 Å². The third-order valence-electron chi connectivity index (χ3n) is 2.35. The average Bonchev–Trinajstić information content (AvgIpc) is 2.31. The molecule has 0 aliphatic heterocycles. The molecule has 0 aliphatic rings. The summed E-state index contributed by atoms with van der Waals surface area (Å²) in [5.74, 6) is -0.273. The number of anilines is 1. The molecule has 2 N–H and O–H groups in total. The van der Waals surface area contributed by atoms with Gasteiger partial charge in [0.2, 0.25) is 0 Å². The van der Waals surface area contributed by atoms with Gasteiger partial charge in [0.1, 0.15) is 5.75 Å². The Balaban J connectivity index is 2.10. The van der Waals surface area contributed by atoms with Crippen LogP contribution in [0.15, 0.2) is 42.5 Å². The first kappa shape index (κ1) is 11.7. The summed E-state index contributed by atoms with van der Waals surface area (Å²) >= 11 is 5.67. The Bertz CT molecular complexity index is 531. The zero-order chi connectivity index (χ0) is 12.3. The highest BCUT2D eigenvalue weighted by Gasteiger charge is 2.05. The van der Waals surface area contributed by atoms with E-state index in [0.29, 0.717) is 12.2 Å². The van der Waals surface area contributed by atoms with Gasteiger partial charge in [-0.3, -0.25) is 0 Å². The summed E-state index contributed by atoms with van der Waals surface area (Å²) in [6, 6.07) is 11.6. The van der Waals surface area contributed by atoms with Gasteiger partial charge in [0.15, 0.2) is 5.82 Å². The molecule has 0 atom stereocenters. The first-order valence-electron chi connectivity index (χ1n) is 5.12. The molecule has 2 rings (SSSR count). The van der Waals surface area contributed by atoms with Gasteiger partial charge in [0.05, 0.1) is 10.7 Å². The van der Waals surface area contributed by atoms with Crippen molar-refractivity contribution in [2.24, 2.45) is 0 Å². The molecule has 2 aromatic carbocycles. The highest BCUT2D eigenvalue weighted by Crippen LogP contribution is 2.22. The lowest BCUT2D eigenvalue weighted by atomic mass is 10.2. The molecule has 0 unspecified atom stereocenters. The third-order valence-corrected chi connectivity index (χ3v) is 2.64. The maximum atomic E-state index is 13.5. The van der Waals surface area contributed by atoms with E-state index in [1.807, 2.05) is 6.07 Å². The quantitative estimate of drug-likeness (QED) is 0.870. The predicted molar refractivity (Wildman–Crippen MR) is 66.8 cm³/mol. The van der Waals surface area contributed by atoms with Crippen LogP contribution >= 0.6 is 11.6 Å². The molecule has 2 aromatic rings. The van der Waals surface area contributed by atoms with Crippen molar-refractivity contribution >= 4 is 17.3 Å². The minimum atomic E-state index is -0.464. The van der Waals surface area contributed by atoms with Crippen LogP contribution < -0.4 is 5.32 Å². The maximum Gasteiger partial charge on any atom is 0.164 e. The monoisotopic (exact) mass is 251 g/mol. The zero-order valence-corrected chi connectivity index (χ0v) is 9.71. The van der Waals surface area contributed by atoms with Crippen molar-refractivity contribution in [1.82, 2.24) is 0 Å². The van der Waals surface area contributed by atoms with E-state index in [2.05, 4.69) is 5.32 Å². The second-order valence-electron chi connectivity index (χ2n) is 3.62. The average molecular weight is 252 g/mol. The topological polar surface area (TPSA) is 32.3 Å². The highest BCUT2D eigenvalue weighted by atomic mass is 35.5. The third kappa shape index (κ3) is 2.88. The normalized spacial score (nSPS) is 10.2. The van der Waals surface area contributed by atoms with Crippen molar-refractivity contribution in [3.63, 3.8) is 0 Å². The Hall–Kier alpha value is -1.74. The molecule has 0 aromatic heterocycles. The molecule has 4 heteroatoms. The van der Waals surface area contributed by atoms with Crippen LogP contribution in [0.4, 0.5) is 10.1 Å². The van der Waals surface area contributed by atoms with Crippen LogP contribution in [0.2, 0.25) is 5.02 Å². The number of aromatic hydroxyl groups is 1. The largest absolute Gasteiger partial charge is 0.508 e. The lowest BCUT2D eigenvalue weighted by Gasteiger charge is -2.08. The van der Waals surface area contributed by atoms with Crippen LogP contribution in [-0.4, -0.2) is 5.11 Å². The molecule has 0 fully saturated rings. The Labute approximate surface area is 104 Å². The van der Waals surface area contributed by atoms with Crippen molar-refractivity contribution < 1.29 is 9.50 Å². The van der Waals surface area contributed by atoms with Gasteiger partial charge in [-0.15, -0.1) is 0 Å². The standard InChI is InChI=1S/C13H11ClFNO/c14-11-5-2-6-12(13(11)15)16-8-9-3-1-4-10(17)7-9/h1-7,16-17H,8H2. The summed E-state index contributed by atoms with van der Waals surface area (Å²) < 4.78 is 13.5.